The summed E-state index contributed by atoms with van der Waals surface area (Å²) in [6.07, 6.45) is -0.615. The van der Waals surface area contributed by atoms with Crippen LogP contribution in [0.5, 0.6) is 0 Å². The molecule has 1 saturated heterocycles. The summed E-state index contributed by atoms with van der Waals surface area (Å²) in [5.74, 6) is -3.57. The quantitative estimate of drug-likeness (QED) is 0.663. The Morgan fingerprint density at radius 2 is 1.92 bits per heavy atom. The van der Waals surface area contributed by atoms with Crippen LogP contribution >= 0.6 is 0 Å². The number of nitrogens with one attached hydrogen (secondary N) is 1. The van der Waals surface area contributed by atoms with Crippen molar-refractivity contribution in [2.24, 2.45) is 5.92 Å². The lowest BCUT2D eigenvalue weighted by Gasteiger charge is -2.32. The van der Waals surface area contributed by atoms with Gasteiger partial charge in [0.25, 0.3) is 5.92 Å². The van der Waals surface area contributed by atoms with Gasteiger partial charge in [0.1, 0.15) is 6.10 Å². The molecule has 1 unspecified atom stereocenters. The number of hydrogen-bond acceptors (Lipinski definition) is 2. The van der Waals surface area contributed by atoms with Crippen molar-refractivity contribution in [2.75, 3.05) is 13.1 Å². The fraction of sp³-hybridized carbons (Fsp3) is 1.00. The van der Waals surface area contributed by atoms with Gasteiger partial charge in [-0.05, 0) is 32.9 Å². The molecule has 72 valence electrons. The summed E-state index contributed by atoms with van der Waals surface area (Å²) in [6, 6.07) is 0. The lowest BCUT2D eigenvalue weighted by molar-refractivity contribution is -0.146. The predicted molar refractivity (Wildman–Crippen MR) is 42.2 cm³/mol. The van der Waals surface area contributed by atoms with Crippen LogP contribution in [0.3, 0.4) is 0 Å². The lowest BCUT2D eigenvalue weighted by atomic mass is 9.89. The van der Waals surface area contributed by atoms with Gasteiger partial charge in [-0.2, -0.15) is 0 Å². The summed E-state index contributed by atoms with van der Waals surface area (Å²) >= 11 is 0. The van der Waals surface area contributed by atoms with Crippen molar-refractivity contribution in [1.29, 1.82) is 0 Å². The van der Waals surface area contributed by atoms with Crippen LogP contribution in [0.2, 0.25) is 0 Å². The Kier molecular flexibility index (Phi) is 3.01. The van der Waals surface area contributed by atoms with E-state index in [1.165, 1.54) is 0 Å². The highest BCUT2D eigenvalue weighted by Crippen LogP contribution is 2.33. The molecule has 0 aromatic rings. The number of piperidine rings is 1. The van der Waals surface area contributed by atoms with E-state index in [2.05, 4.69) is 5.32 Å². The van der Waals surface area contributed by atoms with Crippen LogP contribution in [0.15, 0.2) is 0 Å². The highest BCUT2D eigenvalue weighted by atomic mass is 19.3. The van der Waals surface area contributed by atoms with E-state index in [4.69, 9.17) is 5.11 Å². The minimum absolute atomic E-state index is 0.456. The summed E-state index contributed by atoms with van der Waals surface area (Å²) in [5, 5.41) is 11.9. The summed E-state index contributed by atoms with van der Waals surface area (Å²) in [4.78, 5) is 0. The molecule has 1 aliphatic heterocycles. The Bertz CT molecular complexity index is 144. The summed E-state index contributed by atoms with van der Waals surface area (Å²) in [6.45, 7) is 2.42. The smallest absolute Gasteiger partial charge is 0.276 e. The van der Waals surface area contributed by atoms with Crippen molar-refractivity contribution >= 4 is 0 Å². The Labute approximate surface area is 71.0 Å². The Morgan fingerprint density at radius 1 is 1.42 bits per heavy atom. The average Bonchev–Trinajstić information content (AvgIpc) is 2.06. The first-order valence-corrected chi connectivity index (χ1v) is 4.31. The molecular formula is C8H15F2NO. The van der Waals surface area contributed by atoms with Gasteiger partial charge in [-0.1, -0.05) is 0 Å². The number of hydrogen-bond donors (Lipinski definition) is 2. The third kappa shape index (κ3) is 1.93. The van der Waals surface area contributed by atoms with Crippen LogP contribution < -0.4 is 5.32 Å². The van der Waals surface area contributed by atoms with E-state index in [0.717, 1.165) is 6.92 Å². The van der Waals surface area contributed by atoms with Crippen LogP contribution in [0.25, 0.3) is 0 Å². The van der Waals surface area contributed by atoms with Crippen molar-refractivity contribution in [3.8, 4) is 0 Å². The van der Waals surface area contributed by atoms with Gasteiger partial charge in [0.05, 0.1) is 0 Å². The molecule has 0 saturated carbocycles. The maximum atomic E-state index is 13.2. The second kappa shape index (κ2) is 3.66. The van der Waals surface area contributed by atoms with E-state index in [9.17, 15) is 8.78 Å². The monoisotopic (exact) mass is 179 g/mol. The average molecular weight is 179 g/mol. The topological polar surface area (TPSA) is 32.3 Å². The van der Waals surface area contributed by atoms with Crippen molar-refractivity contribution in [1.82, 2.24) is 5.32 Å². The largest absolute Gasteiger partial charge is 0.387 e. The number of alkyl halides is 2. The molecule has 0 aromatic carbocycles. The van der Waals surface area contributed by atoms with Crippen molar-refractivity contribution in [3.05, 3.63) is 0 Å². The number of rotatable bonds is 2. The Balaban J connectivity index is 2.53. The molecule has 0 amide bonds. The third-order valence-electron chi connectivity index (χ3n) is 2.44. The molecule has 0 spiro atoms. The van der Waals surface area contributed by atoms with E-state index in [1.54, 1.807) is 0 Å². The zero-order valence-electron chi connectivity index (χ0n) is 7.19. The SMILES string of the molecule is CC(O)C(F)(F)C1CCNCC1. The lowest BCUT2D eigenvalue weighted by Crippen LogP contribution is -2.44. The molecule has 2 nitrogen and oxygen atoms in total. The third-order valence-corrected chi connectivity index (χ3v) is 2.44. The molecule has 12 heavy (non-hydrogen) atoms. The van der Waals surface area contributed by atoms with Gasteiger partial charge in [-0.15, -0.1) is 0 Å². The van der Waals surface area contributed by atoms with Gasteiger partial charge in [0.2, 0.25) is 0 Å². The fourth-order valence-corrected chi connectivity index (χ4v) is 1.55. The van der Waals surface area contributed by atoms with E-state index >= 15 is 0 Å². The van der Waals surface area contributed by atoms with Crippen molar-refractivity contribution in [2.45, 2.75) is 31.8 Å². The maximum absolute atomic E-state index is 13.2. The molecule has 1 atom stereocenters. The van der Waals surface area contributed by atoms with Gasteiger partial charge >= 0.3 is 0 Å². The second-order valence-corrected chi connectivity index (χ2v) is 3.37. The Hall–Kier alpha value is -0.220. The zero-order chi connectivity index (χ0) is 9.19. The minimum Gasteiger partial charge on any atom is -0.387 e. The second-order valence-electron chi connectivity index (χ2n) is 3.37. The zero-order valence-corrected chi connectivity index (χ0v) is 7.19. The predicted octanol–water partition coefficient (Wildman–Crippen LogP) is 1.00. The summed E-state index contributed by atoms with van der Waals surface area (Å²) in [5.41, 5.74) is 0. The normalized spacial score (nSPS) is 24.0. The van der Waals surface area contributed by atoms with Crippen molar-refractivity contribution < 1.29 is 13.9 Å². The first-order valence-electron chi connectivity index (χ1n) is 4.31. The van der Waals surface area contributed by atoms with Gasteiger partial charge in [0, 0.05) is 5.92 Å². The van der Waals surface area contributed by atoms with Crippen molar-refractivity contribution in [3.63, 3.8) is 0 Å². The molecule has 4 heteroatoms. The van der Waals surface area contributed by atoms with Gasteiger partial charge < -0.3 is 10.4 Å². The van der Waals surface area contributed by atoms with E-state index in [0.29, 0.717) is 25.9 Å². The summed E-state index contributed by atoms with van der Waals surface area (Å²) < 4.78 is 26.3. The fourth-order valence-electron chi connectivity index (χ4n) is 1.55. The number of aliphatic hydroxyl groups is 1. The molecule has 1 rings (SSSR count). The molecule has 1 aliphatic rings. The molecule has 1 heterocycles. The first kappa shape index (κ1) is 9.86. The van der Waals surface area contributed by atoms with Crippen LogP contribution in [0, 0.1) is 5.92 Å². The molecule has 0 aromatic heterocycles. The van der Waals surface area contributed by atoms with Gasteiger partial charge in [-0.3, -0.25) is 0 Å². The minimum atomic E-state index is -2.91. The molecule has 1 fully saturated rings. The number of halogens is 2. The number of aliphatic hydroxyl groups excluding tert-OH is 1. The van der Waals surface area contributed by atoms with Crippen LogP contribution in [-0.2, 0) is 0 Å². The first-order chi connectivity index (χ1) is 5.55. The van der Waals surface area contributed by atoms with E-state index in [1.807, 2.05) is 0 Å². The Morgan fingerprint density at radius 3 is 2.33 bits per heavy atom. The molecule has 0 bridgehead atoms. The van der Waals surface area contributed by atoms with Crippen LogP contribution in [-0.4, -0.2) is 30.2 Å². The van der Waals surface area contributed by atoms with Gasteiger partial charge in [-0.25, -0.2) is 8.78 Å². The standard InChI is InChI=1S/C8H15F2NO/c1-6(12)8(9,10)7-2-4-11-5-3-7/h6-7,11-12H,2-5H2,1H3. The van der Waals surface area contributed by atoms with Crippen LogP contribution in [0.4, 0.5) is 8.78 Å². The maximum Gasteiger partial charge on any atom is 0.276 e. The van der Waals surface area contributed by atoms with Crippen LogP contribution in [0.1, 0.15) is 19.8 Å². The molecule has 0 radical (unpaired) electrons. The van der Waals surface area contributed by atoms with E-state index < -0.39 is 17.9 Å². The molecule has 2 N–H and O–H groups in total. The molecule has 0 aliphatic carbocycles. The highest BCUT2D eigenvalue weighted by Gasteiger charge is 2.43. The highest BCUT2D eigenvalue weighted by molar-refractivity contribution is 4.85. The van der Waals surface area contributed by atoms with Gasteiger partial charge in [0.15, 0.2) is 0 Å². The molecular weight excluding hydrogens is 164 g/mol. The summed E-state index contributed by atoms with van der Waals surface area (Å²) in [7, 11) is 0. The van der Waals surface area contributed by atoms with E-state index in [-0.39, 0.29) is 0 Å².